The van der Waals surface area contributed by atoms with E-state index in [-0.39, 0.29) is 11.7 Å². The van der Waals surface area contributed by atoms with Gasteiger partial charge in [0.25, 0.3) is 0 Å². The normalized spacial score (nSPS) is 18.6. The standard InChI is InChI=1S/C22H18ClNO3S/c1-12-7-4-5-10-15(12)16-17-18(25)22(2,13-8-6-9-14(11-13)27-3)21(26)24-20(17)28-19(16)23/h4-11H,1-3H3,(H,24,26). The molecule has 1 aromatic heterocycles. The van der Waals surface area contributed by atoms with E-state index >= 15 is 0 Å². The maximum absolute atomic E-state index is 13.7. The molecule has 0 bridgehead atoms. The molecule has 4 rings (SSSR count). The Balaban J connectivity index is 1.94. The summed E-state index contributed by atoms with van der Waals surface area (Å²) in [5, 5.41) is 3.40. The van der Waals surface area contributed by atoms with Crippen LogP contribution in [0.25, 0.3) is 11.1 Å². The van der Waals surface area contributed by atoms with Crippen molar-refractivity contribution >= 4 is 39.6 Å². The number of ether oxygens (including phenoxy) is 1. The van der Waals surface area contributed by atoms with E-state index in [9.17, 15) is 9.59 Å². The number of Topliss-reactive ketones (excluding diaryl/α,β-unsaturated/α-hetero) is 1. The molecule has 6 heteroatoms. The van der Waals surface area contributed by atoms with Gasteiger partial charge in [-0.25, -0.2) is 0 Å². The monoisotopic (exact) mass is 411 g/mol. The number of ketones is 1. The highest BCUT2D eigenvalue weighted by molar-refractivity contribution is 7.21. The van der Waals surface area contributed by atoms with Crippen molar-refractivity contribution in [2.45, 2.75) is 19.3 Å². The smallest absolute Gasteiger partial charge is 0.243 e. The molecule has 0 spiro atoms. The predicted molar refractivity (Wildman–Crippen MR) is 113 cm³/mol. The van der Waals surface area contributed by atoms with Crippen LogP contribution in [0.4, 0.5) is 5.00 Å². The number of rotatable bonds is 3. The van der Waals surface area contributed by atoms with Crippen LogP contribution in [0.1, 0.15) is 28.4 Å². The van der Waals surface area contributed by atoms with Crippen molar-refractivity contribution in [3.63, 3.8) is 0 Å². The summed E-state index contributed by atoms with van der Waals surface area (Å²) < 4.78 is 5.77. The topological polar surface area (TPSA) is 55.4 Å². The lowest BCUT2D eigenvalue weighted by atomic mass is 9.72. The highest BCUT2D eigenvalue weighted by Crippen LogP contribution is 2.50. The van der Waals surface area contributed by atoms with Crippen LogP contribution in [0.2, 0.25) is 4.34 Å². The van der Waals surface area contributed by atoms with Gasteiger partial charge >= 0.3 is 0 Å². The quantitative estimate of drug-likeness (QED) is 0.581. The van der Waals surface area contributed by atoms with Gasteiger partial charge in [0.15, 0.2) is 5.78 Å². The summed E-state index contributed by atoms with van der Waals surface area (Å²) in [7, 11) is 1.55. The van der Waals surface area contributed by atoms with E-state index in [0.717, 1.165) is 11.1 Å². The van der Waals surface area contributed by atoms with Crippen molar-refractivity contribution in [1.29, 1.82) is 0 Å². The van der Waals surface area contributed by atoms with Gasteiger partial charge in [0.05, 0.1) is 12.7 Å². The van der Waals surface area contributed by atoms with Gasteiger partial charge in [0.1, 0.15) is 20.5 Å². The van der Waals surface area contributed by atoms with Crippen molar-refractivity contribution in [2.24, 2.45) is 0 Å². The molecule has 3 aromatic rings. The Hall–Kier alpha value is -2.63. The van der Waals surface area contributed by atoms with Crippen LogP contribution >= 0.6 is 22.9 Å². The van der Waals surface area contributed by atoms with Crippen molar-refractivity contribution in [3.8, 4) is 16.9 Å². The van der Waals surface area contributed by atoms with Crippen LogP contribution in [0, 0.1) is 6.92 Å². The number of methoxy groups -OCH3 is 1. The average Bonchev–Trinajstić information content (AvgIpc) is 3.02. The molecule has 1 aliphatic heterocycles. The fourth-order valence-corrected chi connectivity index (χ4v) is 4.94. The van der Waals surface area contributed by atoms with Crippen molar-refractivity contribution in [3.05, 3.63) is 69.6 Å². The molecule has 2 aromatic carbocycles. The number of hydrogen-bond donors (Lipinski definition) is 1. The van der Waals surface area contributed by atoms with Crippen LogP contribution in [-0.4, -0.2) is 18.8 Å². The van der Waals surface area contributed by atoms with E-state index in [2.05, 4.69) is 5.32 Å². The lowest BCUT2D eigenvalue weighted by molar-refractivity contribution is -0.119. The van der Waals surface area contributed by atoms with Gasteiger partial charge < -0.3 is 10.1 Å². The molecule has 1 unspecified atom stereocenters. The number of benzene rings is 2. The summed E-state index contributed by atoms with van der Waals surface area (Å²) in [6.07, 6.45) is 0. The highest BCUT2D eigenvalue weighted by atomic mass is 35.5. The van der Waals surface area contributed by atoms with Crippen LogP contribution in [0.15, 0.2) is 48.5 Å². The van der Waals surface area contributed by atoms with Crippen LogP contribution in [-0.2, 0) is 10.2 Å². The molecular formula is C22H18ClNO3S. The largest absolute Gasteiger partial charge is 0.497 e. The maximum Gasteiger partial charge on any atom is 0.243 e. The van der Waals surface area contributed by atoms with Gasteiger partial charge in [-0.15, -0.1) is 11.3 Å². The molecule has 142 valence electrons. The number of thiophene rings is 1. The molecule has 0 saturated heterocycles. The number of halogens is 1. The fraction of sp³-hybridized carbons (Fsp3) is 0.182. The molecule has 1 N–H and O–H groups in total. The van der Waals surface area contributed by atoms with Gasteiger partial charge in [-0.1, -0.05) is 48.0 Å². The molecular weight excluding hydrogens is 394 g/mol. The minimum absolute atomic E-state index is 0.263. The summed E-state index contributed by atoms with van der Waals surface area (Å²) in [6.45, 7) is 3.62. The third kappa shape index (κ3) is 2.65. The minimum Gasteiger partial charge on any atom is -0.497 e. The van der Waals surface area contributed by atoms with Crippen LogP contribution in [0.3, 0.4) is 0 Å². The lowest BCUT2D eigenvalue weighted by Gasteiger charge is -2.32. The first kappa shape index (κ1) is 18.7. The van der Waals surface area contributed by atoms with Gasteiger partial charge in [-0.3, -0.25) is 9.59 Å². The van der Waals surface area contributed by atoms with E-state index in [4.69, 9.17) is 16.3 Å². The summed E-state index contributed by atoms with van der Waals surface area (Å²) in [6, 6.07) is 14.8. The maximum atomic E-state index is 13.7. The zero-order chi connectivity index (χ0) is 20.1. The molecule has 0 radical (unpaired) electrons. The number of nitrogens with one attached hydrogen (secondary N) is 1. The van der Waals surface area contributed by atoms with E-state index in [1.165, 1.54) is 11.3 Å². The zero-order valence-corrected chi connectivity index (χ0v) is 17.2. The molecule has 0 aliphatic carbocycles. The number of anilines is 1. The molecule has 1 aliphatic rings. The summed E-state index contributed by atoms with van der Waals surface area (Å²) >= 11 is 7.76. The molecule has 1 amide bonds. The first-order chi connectivity index (χ1) is 13.4. The number of aryl methyl sites for hydroxylation is 1. The number of fused-ring (bicyclic) bond motifs is 1. The Morgan fingerprint density at radius 1 is 1.07 bits per heavy atom. The van der Waals surface area contributed by atoms with Gasteiger partial charge in [-0.05, 0) is 42.7 Å². The minimum atomic E-state index is -1.37. The third-order valence-electron chi connectivity index (χ3n) is 5.29. The highest BCUT2D eigenvalue weighted by Gasteiger charge is 2.49. The zero-order valence-electron chi connectivity index (χ0n) is 15.6. The summed E-state index contributed by atoms with van der Waals surface area (Å²) in [5.41, 5.74) is 2.26. The van der Waals surface area contributed by atoms with Crippen LogP contribution < -0.4 is 10.1 Å². The second kappa shape index (κ2) is 6.76. The molecule has 1 atom stereocenters. The summed E-state index contributed by atoms with van der Waals surface area (Å²) in [5.74, 6) is -0.0407. The first-order valence-electron chi connectivity index (χ1n) is 8.77. The SMILES string of the molecule is COc1cccc(C2(C)C(=O)Nc3sc(Cl)c(-c4ccccc4C)c3C2=O)c1. The van der Waals surface area contributed by atoms with E-state index in [1.807, 2.05) is 31.2 Å². The average molecular weight is 412 g/mol. The Bertz CT molecular complexity index is 1120. The number of carbonyl (C=O) groups is 2. The van der Waals surface area contributed by atoms with Gasteiger partial charge in [-0.2, -0.15) is 0 Å². The molecule has 28 heavy (non-hydrogen) atoms. The molecule has 4 nitrogen and oxygen atoms in total. The van der Waals surface area contributed by atoms with E-state index in [1.54, 1.807) is 38.3 Å². The Kier molecular flexibility index (Phi) is 4.52. The van der Waals surface area contributed by atoms with Gasteiger partial charge in [0, 0.05) is 5.56 Å². The second-order valence-electron chi connectivity index (χ2n) is 6.91. The summed E-state index contributed by atoms with van der Waals surface area (Å²) in [4.78, 5) is 26.7. The number of carbonyl (C=O) groups excluding carboxylic acids is 2. The molecule has 0 saturated carbocycles. The van der Waals surface area contributed by atoms with Crippen molar-refractivity contribution < 1.29 is 14.3 Å². The van der Waals surface area contributed by atoms with Crippen LogP contribution in [0.5, 0.6) is 5.75 Å². The molecule has 0 fully saturated rings. The van der Waals surface area contributed by atoms with E-state index < -0.39 is 5.41 Å². The van der Waals surface area contributed by atoms with Crippen molar-refractivity contribution in [2.75, 3.05) is 12.4 Å². The Labute approximate surface area is 172 Å². The van der Waals surface area contributed by atoms with Gasteiger partial charge in [0.2, 0.25) is 5.91 Å². The first-order valence-corrected chi connectivity index (χ1v) is 9.96. The second-order valence-corrected chi connectivity index (χ2v) is 8.53. The molecule has 2 heterocycles. The lowest BCUT2D eigenvalue weighted by Crippen LogP contribution is -2.48. The third-order valence-corrected chi connectivity index (χ3v) is 6.60. The van der Waals surface area contributed by atoms with Crippen molar-refractivity contribution in [1.82, 2.24) is 0 Å². The Morgan fingerprint density at radius 2 is 1.82 bits per heavy atom. The predicted octanol–water partition coefficient (Wildman–Crippen LogP) is 5.48. The van der Waals surface area contributed by atoms with E-state index in [0.29, 0.717) is 31.8 Å². The fourth-order valence-electron chi connectivity index (χ4n) is 3.58. The Morgan fingerprint density at radius 3 is 2.54 bits per heavy atom. The number of amides is 1. The number of hydrogen-bond acceptors (Lipinski definition) is 4.